The zero-order valence-electron chi connectivity index (χ0n) is 22.1. The van der Waals surface area contributed by atoms with E-state index in [0.717, 1.165) is 16.4 Å². The van der Waals surface area contributed by atoms with Crippen molar-refractivity contribution in [2.24, 2.45) is 0 Å². The van der Waals surface area contributed by atoms with Gasteiger partial charge in [0, 0.05) is 19.0 Å². The van der Waals surface area contributed by atoms with E-state index < -0.39 is 46.5 Å². The number of esters is 1. The van der Waals surface area contributed by atoms with Crippen LogP contribution in [0.5, 0.6) is 17.2 Å². The van der Waals surface area contributed by atoms with E-state index in [0.29, 0.717) is 5.39 Å². The summed E-state index contributed by atoms with van der Waals surface area (Å²) in [7, 11) is 0. The Kier molecular flexibility index (Phi) is 6.93. The van der Waals surface area contributed by atoms with Crippen LogP contribution in [0.1, 0.15) is 39.3 Å². The minimum Gasteiger partial charge on any atom is -0.449 e. The molecular weight excluding hydrogens is 567 g/mol. The second-order valence-electron chi connectivity index (χ2n) is 9.74. The second-order valence-corrected chi connectivity index (χ2v) is 9.74. The molecule has 5 aromatic rings. The number of alkyl halides is 3. The Bertz CT molecular complexity index is 1960. The SMILES string of the molecule is O=C(CCCN1C(=O)c2ccccc2C1=O)Oc1ccc2c(=O)c(Oc3ccc4ccccc4c3)c(C(F)(F)F)oc2c1. The van der Waals surface area contributed by atoms with Crippen LogP contribution in [0.4, 0.5) is 13.2 Å². The van der Waals surface area contributed by atoms with Crippen molar-refractivity contribution >= 4 is 39.5 Å². The number of rotatable bonds is 7. The summed E-state index contributed by atoms with van der Waals surface area (Å²) < 4.78 is 57.7. The molecule has 0 unspecified atom stereocenters. The predicted octanol–water partition coefficient (Wildman–Crippen LogP) is 6.74. The van der Waals surface area contributed by atoms with Crippen molar-refractivity contribution in [3.05, 3.63) is 112 Å². The lowest BCUT2D eigenvalue weighted by Crippen LogP contribution is -2.31. The van der Waals surface area contributed by atoms with Gasteiger partial charge < -0.3 is 13.9 Å². The molecule has 1 aromatic heterocycles. The lowest BCUT2D eigenvalue weighted by atomic mass is 10.1. The molecule has 0 fully saturated rings. The molecule has 11 heteroatoms. The van der Waals surface area contributed by atoms with Gasteiger partial charge in [0.1, 0.15) is 17.1 Å². The number of halogens is 3. The van der Waals surface area contributed by atoms with Crippen molar-refractivity contribution in [2.45, 2.75) is 19.0 Å². The molecule has 0 N–H and O–H groups in total. The van der Waals surface area contributed by atoms with Crippen LogP contribution in [0.25, 0.3) is 21.7 Å². The Labute approximate surface area is 240 Å². The number of nitrogens with zero attached hydrogens (tertiary/aromatic N) is 1. The first-order valence-corrected chi connectivity index (χ1v) is 13.1. The first-order valence-electron chi connectivity index (χ1n) is 13.1. The van der Waals surface area contributed by atoms with Crippen LogP contribution in [0.3, 0.4) is 0 Å². The lowest BCUT2D eigenvalue weighted by Gasteiger charge is -2.14. The molecule has 216 valence electrons. The topological polar surface area (TPSA) is 103 Å². The van der Waals surface area contributed by atoms with E-state index in [2.05, 4.69) is 0 Å². The number of imide groups is 1. The first-order chi connectivity index (χ1) is 20.6. The third kappa shape index (κ3) is 5.32. The maximum Gasteiger partial charge on any atom is 0.453 e. The molecule has 8 nitrogen and oxygen atoms in total. The normalized spacial score (nSPS) is 13.0. The van der Waals surface area contributed by atoms with Gasteiger partial charge in [0.25, 0.3) is 17.6 Å². The minimum absolute atomic E-state index is 0.0163. The van der Waals surface area contributed by atoms with E-state index >= 15 is 0 Å². The minimum atomic E-state index is -5.07. The lowest BCUT2D eigenvalue weighted by molar-refractivity contribution is -0.154. The van der Waals surface area contributed by atoms with Gasteiger partial charge in [0.05, 0.1) is 16.5 Å². The van der Waals surface area contributed by atoms with E-state index in [1.54, 1.807) is 42.5 Å². The van der Waals surface area contributed by atoms with Crippen LogP contribution >= 0.6 is 0 Å². The number of benzene rings is 4. The van der Waals surface area contributed by atoms with Crippen LogP contribution < -0.4 is 14.9 Å². The predicted molar refractivity (Wildman–Crippen MR) is 148 cm³/mol. The molecule has 2 heterocycles. The van der Waals surface area contributed by atoms with Crippen LogP contribution in [0.2, 0.25) is 0 Å². The number of carbonyl (C=O) groups is 3. The Morgan fingerprint density at radius 2 is 1.44 bits per heavy atom. The van der Waals surface area contributed by atoms with Crippen molar-refractivity contribution < 1.29 is 41.4 Å². The zero-order valence-corrected chi connectivity index (χ0v) is 22.1. The van der Waals surface area contributed by atoms with Gasteiger partial charge in [-0.05, 0) is 53.6 Å². The fourth-order valence-corrected chi connectivity index (χ4v) is 4.85. The van der Waals surface area contributed by atoms with E-state index in [4.69, 9.17) is 13.9 Å². The van der Waals surface area contributed by atoms with Gasteiger partial charge in [-0.3, -0.25) is 24.1 Å². The third-order valence-corrected chi connectivity index (χ3v) is 6.89. The number of ether oxygens (including phenoxy) is 2. The molecule has 1 aliphatic heterocycles. The highest BCUT2D eigenvalue weighted by molar-refractivity contribution is 6.21. The number of hydrogen-bond acceptors (Lipinski definition) is 7. The molecule has 0 spiro atoms. The van der Waals surface area contributed by atoms with E-state index in [1.165, 1.54) is 24.3 Å². The van der Waals surface area contributed by atoms with Crippen molar-refractivity contribution in [1.29, 1.82) is 0 Å². The summed E-state index contributed by atoms with van der Waals surface area (Å²) in [4.78, 5) is 51.6. The quantitative estimate of drug-likeness (QED) is 0.118. The van der Waals surface area contributed by atoms with Gasteiger partial charge in [0.2, 0.25) is 11.2 Å². The zero-order chi connectivity index (χ0) is 30.3. The van der Waals surface area contributed by atoms with E-state index in [-0.39, 0.29) is 47.4 Å². The second kappa shape index (κ2) is 10.8. The molecule has 0 bridgehead atoms. The van der Waals surface area contributed by atoms with Crippen LogP contribution in [0, 0.1) is 0 Å². The number of fused-ring (bicyclic) bond motifs is 3. The standard InChI is InChI=1S/C32H20F3NO7/c33-32(34,35)29-28(42-20-12-11-18-6-1-2-7-19(18)16-20)27(38)24-14-13-21(17-25(24)43-29)41-26(37)10-5-15-36-30(39)22-8-3-4-9-23(22)31(36)40/h1-4,6-9,11-14,16-17H,5,10,15H2. The molecule has 0 atom stereocenters. The molecular formula is C32H20F3NO7. The Hall–Kier alpha value is -5.45. The fourth-order valence-electron chi connectivity index (χ4n) is 4.85. The maximum atomic E-state index is 14.0. The van der Waals surface area contributed by atoms with Crippen molar-refractivity contribution in [3.8, 4) is 17.2 Å². The first kappa shape index (κ1) is 27.7. The summed E-state index contributed by atoms with van der Waals surface area (Å²) in [6.07, 6.45) is -5.17. The molecule has 4 aromatic carbocycles. The average Bonchev–Trinajstić information content (AvgIpc) is 3.22. The molecule has 1 aliphatic rings. The Morgan fingerprint density at radius 3 is 2.14 bits per heavy atom. The third-order valence-electron chi connectivity index (χ3n) is 6.89. The van der Waals surface area contributed by atoms with E-state index in [1.807, 2.05) is 12.1 Å². The van der Waals surface area contributed by atoms with Crippen molar-refractivity contribution in [3.63, 3.8) is 0 Å². The number of hydrogen-bond donors (Lipinski definition) is 0. The average molecular weight is 588 g/mol. The molecule has 0 saturated carbocycles. The summed E-state index contributed by atoms with van der Waals surface area (Å²) in [6, 6.07) is 21.6. The summed E-state index contributed by atoms with van der Waals surface area (Å²) >= 11 is 0. The van der Waals surface area contributed by atoms with Crippen molar-refractivity contribution in [1.82, 2.24) is 4.90 Å². The monoisotopic (exact) mass is 587 g/mol. The number of amides is 2. The molecule has 0 radical (unpaired) electrons. The molecule has 0 aliphatic carbocycles. The summed E-state index contributed by atoms with van der Waals surface area (Å²) in [5, 5.41) is 1.32. The van der Waals surface area contributed by atoms with Gasteiger partial charge in [-0.2, -0.15) is 13.2 Å². The highest BCUT2D eigenvalue weighted by Crippen LogP contribution is 2.39. The van der Waals surface area contributed by atoms with Crippen LogP contribution in [-0.2, 0) is 11.0 Å². The largest absolute Gasteiger partial charge is 0.453 e. The smallest absolute Gasteiger partial charge is 0.449 e. The maximum absolute atomic E-state index is 14.0. The molecule has 0 saturated heterocycles. The van der Waals surface area contributed by atoms with Gasteiger partial charge in [-0.15, -0.1) is 0 Å². The molecule has 43 heavy (non-hydrogen) atoms. The van der Waals surface area contributed by atoms with Crippen LogP contribution in [-0.4, -0.2) is 29.2 Å². The van der Waals surface area contributed by atoms with Gasteiger partial charge in [0.15, 0.2) is 0 Å². The van der Waals surface area contributed by atoms with Crippen LogP contribution in [0.15, 0.2) is 94.1 Å². The highest BCUT2D eigenvalue weighted by atomic mass is 19.4. The Morgan fingerprint density at radius 1 is 0.791 bits per heavy atom. The fraction of sp³-hybridized carbons (Fsp3) is 0.125. The van der Waals surface area contributed by atoms with E-state index in [9.17, 15) is 32.3 Å². The molecule has 6 rings (SSSR count). The van der Waals surface area contributed by atoms with Gasteiger partial charge in [-0.25, -0.2) is 0 Å². The molecule has 2 amide bonds. The van der Waals surface area contributed by atoms with Gasteiger partial charge >= 0.3 is 12.1 Å². The Balaban J connectivity index is 1.19. The summed E-state index contributed by atoms with van der Waals surface area (Å²) in [5.74, 6) is -4.47. The summed E-state index contributed by atoms with van der Waals surface area (Å²) in [5.41, 5.74) is -0.936. The highest BCUT2D eigenvalue weighted by Gasteiger charge is 2.40. The number of carbonyl (C=O) groups excluding carboxylic acids is 3. The van der Waals surface area contributed by atoms with Crippen molar-refractivity contribution in [2.75, 3.05) is 6.54 Å². The summed E-state index contributed by atoms with van der Waals surface area (Å²) in [6.45, 7) is -0.0248. The van der Waals surface area contributed by atoms with Gasteiger partial charge in [-0.1, -0.05) is 42.5 Å².